The predicted molar refractivity (Wildman–Crippen MR) is 36.4 cm³/mol. The van der Waals surface area contributed by atoms with Gasteiger partial charge in [0.1, 0.15) is 5.69 Å². The number of hydrogen-bond acceptors (Lipinski definition) is 4. The molecule has 0 amide bonds. The Bertz CT molecular complexity index is 317. The molecule has 2 rings (SSSR count). The quantitative estimate of drug-likeness (QED) is 0.600. The van der Waals surface area contributed by atoms with Gasteiger partial charge in [0.25, 0.3) is 0 Å². The zero-order valence-electron chi connectivity index (χ0n) is 5.56. The second-order valence-corrected chi connectivity index (χ2v) is 1.91. The van der Waals surface area contributed by atoms with Crippen LogP contribution in [0.5, 0.6) is 0 Å². The lowest BCUT2D eigenvalue weighted by Gasteiger charge is -1.89. The van der Waals surface area contributed by atoms with E-state index in [4.69, 9.17) is 4.42 Å². The molecule has 0 saturated carbocycles. The van der Waals surface area contributed by atoms with Crippen molar-refractivity contribution in [3.05, 3.63) is 31.2 Å². The summed E-state index contributed by atoms with van der Waals surface area (Å²) >= 11 is 0. The Kier molecular flexibility index (Phi) is 1.37. The number of oxazole rings is 1. The average molecular weight is 146 g/mol. The van der Waals surface area contributed by atoms with Gasteiger partial charge in [-0.1, -0.05) is 0 Å². The van der Waals surface area contributed by atoms with Crippen LogP contribution in [0, 0.1) is 6.33 Å². The third-order valence-electron chi connectivity index (χ3n) is 1.22. The summed E-state index contributed by atoms with van der Waals surface area (Å²) in [7, 11) is 0. The van der Waals surface area contributed by atoms with Crippen LogP contribution in [0.2, 0.25) is 0 Å². The molecule has 0 saturated heterocycles. The molecule has 0 aliphatic carbocycles. The van der Waals surface area contributed by atoms with E-state index >= 15 is 0 Å². The van der Waals surface area contributed by atoms with Crippen LogP contribution in [-0.2, 0) is 0 Å². The highest BCUT2D eigenvalue weighted by Gasteiger charge is 1.99. The molecule has 0 fully saturated rings. The summed E-state index contributed by atoms with van der Waals surface area (Å²) in [6.45, 7) is 0. The van der Waals surface area contributed by atoms with Crippen LogP contribution < -0.4 is 0 Å². The van der Waals surface area contributed by atoms with Gasteiger partial charge in [-0.3, -0.25) is 0 Å². The summed E-state index contributed by atoms with van der Waals surface area (Å²) in [4.78, 5) is 11.3. The van der Waals surface area contributed by atoms with Crippen LogP contribution in [0.15, 0.2) is 29.3 Å². The summed E-state index contributed by atoms with van der Waals surface area (Å²) < 4.78 is 5.00. The fourth-order valence-electron chi connectivity index (χ4n) is 0.741. The first-order chi connectivity index (χ1) is 5.47. The molecule has 0 aliphatic rings. The van der Waals surface area contributed by atoms with Gasteiger partial charge in [0.2, 0.25) is 0 Å². The molecule has 0 N–H and O–H groups in total. The van der Waals surface area contributed by atoms with E-state index in [1.54, 1.807) is 18.5 Å². The first-order valence-corrected chi connectivity index (χ1v) is 3.05. The average Bonchev–Trinajstić information content (AvgIpc) is 2.58. The summed E-state index contributed by atoms with van der Waals surface area (Å²) in [5.74, 6) is 0.628. The van der Waals surface area contributed by atoms with Gasteiger partial charge in [0, 0.05) is 6.20 Å². The molecule has 4 heteroatoms. The van der Waals surface area contributed by atoms with Crippen LogP contribution in [0.4, 0.5) is 0 Å². The Balaban J connectivity index is 2.46. The predicted octanol–water partition coefficient (Wildman–Crippen LogP) is 0.932. The molecule has 1 radical (unpaired) electrons. The van der Waals surface area contributed by atoms with Gasteiger partial charge in [0.05, 0.1) is 6.20 Å². The lowest BCUT2D eigenvalue weighted by atomic mass is 10.3. The summed E-state index contributed by atoms with van der Waals surface area (Å²) in [5, 5.41) is 0. The lowest BCUT2D eigenvalue weighted by Crippen LogP contribution is -1.80. The SMILES string of the molecule is [c]1nccc(-c2cnco2)n1. The van der Waals surface area contributed by atoms with Crippen molar-refractivity contribution >= 4 is 0 Å². The van der Waals surface area contributed by atoms with Crippen molar-refractivity contribution in [1.29, 1.82) is 0 Å². The molecule has 0 aromatic carbocycles. The van der Waals surface area contributed by atoms with E-state index in [9.17, 15) is 0 Å². The van der Waals surface area contributed by atoms with Crippen LogP contribution in [0.1, 0.15) is 0 Å². The Morgan fingerprint density at radius 1 is 1.45 bits per heavy atom. The topological polar surface area (TPSA) is 51.8 Å². The maximum Gasteiger partial charge on any atom is 0.198 e. The molecule has 0 spiro atoms. The van der Waals surface area contributed by atoms with Gasteiger partial charge in [-0.05, 0) is 6.07 Å². The third-order valence-corrected chi connectivity index (χ3v) is 1.22. The monoisotopic (exact) mass is 146 g/mol. The molecule has 0 atom stereocenters. The van der Waals surface area contributed by atoms with E-state index in [0.29, 0.717) is 11.5 Å². The summed E-state index contributed by atoms with van der Waals surface area (Å²) in [6.07, 6.45) is 7.02. The van der Waals surface area contributed by atoms with Gasteiger partial charge >= 0.3 is 0 Å². The highest BCUT2D eigenvalue weighted by Crippen LogP contribution is 2.12. The van der Waals surface area contributed by atoms with Crippen LogP contribution in [-0.4, -0.2) is 15.0 Å². The fraction of sp³-hybridized carbons (Fsp3) is 0. The van der Waals surface area contributed by atoms with Gasteiger partial charge < -0.3 is 4.42 Å². The molecule has 2 aromatic rings. The van der Waals surface area contributed by atoms with Crippen molar-refractivity contribution in [1.82, 2.24) is 15.0 Å². The highest BCUT2D eigenvalue weighted by atomic mass is 16.3. The minimum Gasteiger partial charge on any atom is -0.442 e. The van der Waals surface area contributed by atoms with Gasteiger partial charge in [-0.2, -0.15) is 0 Å². The van der Waals surface area contributed by atoms with Gasteiger partial charge in [-0.25, -0.2) is 15.0 Å². The Labute approximate surface area is 62.9 Å². The van der Waals surface area contributed by atoms with E-state index in [1.807, 2.05) is 0 Å². The Morgan fingerprint density at radius 3 is 3.09 bits per heavy atom. The van der Waals surface area contributed by atoms with Crippen molar-refractivity contribution in [3.8, 4) is 11.5 Å². The van der Waals surface area contributed by atoms with Gasteiger partial charge in [-0.15, -0.1) is 0 Å². The standard InChI is InChI=1S/C7H4N3O/c1-2-8-4-10-6(1)7-3-9-5-11-7/h1-3,5H. The van der Waals surface area contributed by atoms with E-state index in [0.717, 1.165) is 0 Å². The maximum absolute atomic E-state index is 5.00. The van der Waals surface area contributed by atoms with Crippen molar-refractivity contribution in [2.24, 2.45) is 0 Å². The van der Waals surface area contributed by atoms with E-state index in [-0.39, 0.29) is 0 Å². The normalized spacial score (nSPS) is 9.82. The molecule has 53 valence electrons. The van der Waals surface area contributed by atoms with E-state index < -0.39 is 0 Å². The Morgan fingerprint density at radius 2 is 2.45 bits per heavy atom. The van der Waals surface area contributed by atoms with Crippen molar-refractivity contribution < 1.29 is 4.42 Å². The number of nitrogens with zero attached hydrogens (tertiary/aromatic N) is 3. The molecule has 2 heterocycles. The maximum atomic E-state index is 5.00. The summed E-state index contributed by atoms with van der Waals surface area (Å²) in [5.41, 5.74) is 0.692. The molecule has 0 unspecified atom stereocenters. The lowest BCUT2D eigenvalue weighted by molar-refractivity contribution is 0.569. The molecule has 0 bridgehead atoms. The zero-order valence-corrected chi connectivity index (χ0v) is 5.56. The first kappa shape index (κ1) is 6.03. The third kappa shape index (κ3) is 1.10. The van der Waals surface area contributed by atoms with Crippen molar-refractivity contribution in [2.45, 2.75) is 0 Å². The van der Waals surface area contributed by atoms with E-state index in [1.165, 1.54) is 6.39 Å². The molecule has 0 aliphatic heterocycles. The molecule has 11 heavy (non-hydrogen) atoms. The van der Waals surface area contributed by atoms with E-state index in [2.05, 4.69) is 21.3 Å². The second-order valence-electron chi connectivity index (χ2n) is 1.91. The molecular formula is C7H4N3O. The van der Waals surface area contributed by atoms with Gasteiger partial charge in [0.15, 0.2) is 18.5 Å². The molecular weight excluding hydrogens is 142 g/mol. The first-order valence-electron chi connectivity index (χ1n) is 3.05. The fourth-order valence-corrected chi connectivity index (χ4v) is 0.741. The summed E-state index contributed by atoms with van der Waals surface area (Å²) in [6, 6.07) is 1.73. The molecule has 2 aromatic heterocycles. The largest absolute Gasteiger partial charge is 0.442 e. The zero-order chi connectivity index (χ0) is 7.52. The van der Waals surface area contributed by atoms with Crippen LogP contribution in [0.3, 0.4) is 0 Å². The van der Waals surface area contributed by atoms with Crippen LogP contribution in [0.25, 0.3) is 11.5 Å². The van der Waals surface area contributed by atoms with Crippen molar-refractivity contribution in [3.63, 3.8) is 0 Å². The Hall–Kier alpha value is -1.71. The number of aromatic nitrogens is 3. The molecule has 4 nitrogen and oxygen atoms in total. The number of rotatable bonds is 1. The van der Waals surface area contributed by atoms with Crippen LogP contribution >= 0.6 is 0 Å². The van der Waals surface area contributed by atoms with Crippen molar-refractivity contribution in [2.75, 3.05) is 0 Å². The highest BCUT2D eigenvalue weighted by molar-refractivity contribution is 5.48. The second kappa shape index (κ2) is 2.49. The minimum atomic E-state index is 0.628. The smallest absolute Gasteiger partial charge is 0.198 e. The number of hydrogen-bond donors (Lipinski definition) is 0. The minimum absolute atomic E-state index is 0.628.